The van der Waals surface area contributed by atoms with Crippen molar-refractivity contribution in [3.63, 3.8) is 0 Å². The molecule has 342 valence electrons. The first-order valence-electron chi connectivity index (χ1n) is 22.0. The second-order valence-electron chi connectivity index (χ2n) is 19.9. The zero-order valence-electron chi connectivity index (χ0n) is 37.3. The number of hydrogen-bond donors (Lipinski definition) is 3. The number of aliphatic hydroxyl groups is 2. The number of aromatic nitrogens is 1. The number of alkyl carbamates (subject to hydrolysis) is 1. The number of carbonyl (C=O) groups is 4. The summed E-state index contributed by atoms with van der Waals surface area (Å²) in [5.74, 6) is -3.32. The highest BCUT2D eigenvalue weighted by atomic mass is 16.7. The van der Waals surface area contributed by atoms with E-state index in [1.165, 1.54) is 13.1 Å². The number of benzene rings is 1. The van der Waals surface area contributed by atoms with Crippen molar-refractivity contribution in [3.8, 4) is 0 Å². The minimum absolute atomic E-state index is 0.0191. The van der Waals surface area contributed by atoms with Crippen molar-refractivity contribution < 1.29 is 62.5 Å². The number of nitrogens with zero attached hydrogens (tertiary/aromatic N) is 2. The van der Waals surface area contributed by atoms with E-state index in [1.54, 1.807) is 69.3 Å². The van der Waals surface area contributed by atoms with Gasteiger partial charge in [0.1, 0.15) is 41.7 Å². The molecule has 0 unspecified atom stereocenters. The number of aliphatic hydroxyl groups excluding tert-OH is 1. The van der Waals surface area contributed by atoms with Gasteiger partial charge in [0.15, 0.2) is 18.0 Å². The molecule has 4 heterocycles. The molecule has 8 rings (SSSR count). The summed E-state index contributed by atoms with van der Waals surface area (Å²) in [6.45, 7) is 16.2. The molecule has 12 atom stereocenters. The van der Waals surface area contributed by atoms with Crippen LogP contribution in [0.2, 0.25) is 0 Å². The molecule has 5 fully saturated rings. The van der Waals surface area contributed by atoms with Crippen molar-refractivity contribution in [3.05, 3.63) is 77.1 Å². The molecule has 0 radical (unpaired) electrons. The molecule has 63 heavy (non-hydrogen) atoms. The van der Waals surface area contributed by atoms with Crippen molar-refractivity contribution >= 4 is 24.0 Å². The lowest BCUT2D eigenvalue weighted by atomic mass is 9.45. The van der Waals surface area contributed by atoms with E-state index < -0.39 is 107 Å². The van der Waals surface area contributed by atoms with E-state index in [9.17, 15) is 29.4 Å². The highest BCUT2D eigenvalue weighted by Gasteiger charge is 2.77. The summed E-state index contributed by atoms with van der Waals surface area (Å²) in [5.41, 5.74) is -4.96. The van der Waals surface area contributed by atoms with E-state index in [-0.39, 0.29) is 24.3 Å². The molecule has 1 amide bonds. The molecule has 1 aromatic carbocycles. The number of hydrogen-bond acceptors (Lipinski definition) is 15. The fourth-order valence-corrected chi connectivity index (χ4v) is 11.2. The Labute approximate surface area is 367 Å². The van der Waals surface area contributed by atoms with Crippen LogP contribution in [0, 0.1) is 16.7 Å². The lowest BCUT2D eigenvalue weighted by Gasteiger charge is -2.68. The van der Waals surface area contributed by atoms with Crippen molar-refractivity contribution in [1.82, 2.24) is 15.2 Å². The van der Waals surface area contributed by atoms with Gasteiger partial charge in [0.25, 0.3) is 0 Å². The maximum atomic E-state index is 14.5. The highest BCUT2D eigenvalue weighted by molar-refractivity contribution is 5.89. The van der Waals surface area contributed by atoms with Gasteiger partial charge in [-0.15, -0.1) is 0 Å². The first-order valence-corrected chi connectivity index (χ1v) is 22.0. The lowest BCUT2D eigenvalue weighted by Crippen LogP contribution is -2.79. The average Bonchev–Trinajstić information content (AvgIpc) is 3.62. The Morgan fingerprint density at radius 2 is 1.73 bits per heavy atom. The monoisotopic (exact) mass is 875 g/mol. The van der Waals surface area contributed by atoms with Gasteiger partial charge in [0.05, 0.1) is 29.9 Å². The smallest absolute Gasteiger partial charge is 0.408 e. The first-order chi connectivity index (χ1) is 29.7. The fourth-order valence-electron chi connectivity index (χ4n) is 11.2. The first kappa shape index (κ1) is 45.1. The average molecular weight is 876 g/mol. The largest absolute Gasteiger partial charge is 0.456 e. The molecule has 2 saturated carbocycles. The number of likely N-dealkylation sites (tertiary alicyclic amines) is 1. The number of fused-ring (bicyclic) bond motifs is 8. The number of amides is 1. The predicted octanol–water partition coefficient (Wildman–Crippen LogP) is 4.57. The van der Waals surface area contributed by atoms with Crippen molar-refractivity contribution in [2.45, 2.75) is 147 Å². The summed E-state index contributed by atoms with van der Waals surface area (Å²) in [4.78, 5) is 61.7. The van der Waals surface area contributed by atoms with Crippen LogP contribution in [0.3, 0.4) is 0 Å². The van der Waals surface area contributed by atoms with Crippen molar-refractivity contribution in [1.29, 1.82) is 0 Å². The third-order valence-electron chi connectivity index (χ3n) is 14.4. The van der Waals surface area contributed by atoms with Crippen LogP contribution in [-0.2, 0) is 42.7 Å². The maximum absolute atomic E-state index is 14.5. The molecular formula is C47H61N3O13. The second kappa shape index (κ2) is 16.5. The molecule has 6 aliphatic rings. The third kappa shape index (κ3) is 7.94. The summed E-state index contributed by atoms with van der Waals surface area (Å²) < 4.78 is 45.0. The third-order valence-corrected chi connectivity index (χ3v) is 14.4. The van der Waals surface area contributed by atoms with Crippen molar-refractivity contribution in [2.24, 2.45) is 16.7 Å². The molecule has 3 saturated heterocycles. The Hall–Kier alpha value is -4.45. The van der Waals surface area contributed by atoms with E-state index in [0.717, 1.165) is 19.5 Å². The Morgan fingerprint density at radius 3 is 2.33 bits per heavy atom. The Bertz CT molecular complexity index is 2110. The number of rotatable bonds is 10. The predicted molar refractivity (Wildman–Crippen MR) is 224 cm³/mol. The summed E-state index contributed by atoms with van der Waals surface area (Å²) in [6, 6.07) is 11.9. The Balaban J connectivity index is 1.26. The number of carbonyl (C=O) groups excluding carboxylic acids is 4. The van der Waals surface area contributed by atoms with Crippen LogP contribution < -0.4 is 5.32 Å². The standard InChI is InChI=1S/C47H61N3O13/c1-26-30(58-41(54)35(52)34(29-17-12-13-20-48-29)49-42(55)63-43(3,4)5)23-47(56)39(61-40(53)28-15-10-9-11-16-28)37-45(8,19-18-31-46(37,25-57-31)62-27(2)51)38-36(33(26)44(47,6)7)59-32(60-38)24-50-21-14-22-50/h9-13,15-17,20,30-32,34-39,52,56H,14,18-19,21-25H2,1-8H3,(H,49,55)/t30-,31+,32+,34-,35+,36+,37-,38+,39-,45+,46-,47+/m0/s1. The number of pyridine rings is 1. The zero-order chi connectivity index (χ0) is 45.3. The molecular weight excluding hydrogens is 815 g/mol. The summed E-state index contributed by atoms with van der Waals surface area (Å²) >= 11 is 0. The van der Waals surface area contributed by atoms with Crippen LogP contribution in [0.4, 0.5) is 4.79 Å². The summed E-state index contributed by atoms with van der Waals surface area (Å²) in [5, 5.41) is 28.3. The summed E-state index contributed by atoms with van der Waals surface area (Å²) in [7, 11) is 0. The minimum atomic E-state index is -2.06. The van der Waals surface area contributed by atoms with Gasteiger partial charge in [0, 0.05) is 36.9 Å². The normalized spacial score (nSPS) is 35.4. The lowest BCUT2D eigenvalue weighted by molar-refractivity contribution is -0.345. The van der Waals surface area contributed by atoms with Gasteiger partial charge in [-0.1, -0.05) is 45.0 Å². The molecule has 2 bridgehead atoms. The molecule has 0 spiro atoms. The zero-order valence-corrected chi connectivity index (χ0v) is 37.3. The summed E-state index contributed by atoms with van der Waals surface area (Å²) in [6.07, 6.45) is -5.13. The molecule has 2 aromatic rings. The molecule has 3 N–H and O–H groups in total. The molecule has 3 aliphatic carbocycles. The fraction of sp³-hybridized carbons (Fsp3) is 0.638. The van der Waals surface area contributed by atoms with Crippen LogP contribution in [0.5, 0.6) is 0 Å². The van der Waals surface area contributed by atoms with Gasteiger partial charge < -0.3 is 48.7 Å². The van der Waals surface area contributed by atoms with E-state index >= 15 is 0 Å². The van der Waals surface area contributed by atoms with Crippen LogP contribution >= 0.6 is 0 Å². The number of ether oxygens (including phenoxy) is 7. The highest BCUT2D eigenvalue weighted by Crippen LogP contribution is 2.66. The van der Waals surface area contributed by atoms with Gasteiger partial charge in [-0.2, -0.15) is 0 Å². The quantitative estimate of drug-likeness (QED) is 0.170. The van der Waals surface area contributed by atoms with E-state index in [4.69, 9.17) is 33.2 Å². The minimum Gasteiger partial charge on any atom is -0.456 e. The van der Waals surface area contributed by atoms with Gasteiger partial charge in [-0.05, 0) is 95.5 Å². The SMILES string of the molecule is CC(=O)O[C@@]12CO[C@@H]1CC[C@@]1(C)[C@@H]3O[C@H](CN4CCC4)O[C@@H]3C3=C(C)[C@@H](OC(=O)[C@H](O)[C@@H](NC(=O)OC(C)(C)C)c4ccccn4)C[C@@](O)([C@@H](OC(=O)c4ccccc4)[C@@H]12)C3(C)C. The van der Waals surface area contributed by atoms with Gasteiger partial charge in [-0.3, -0.25) is 14.7 Å². The van der Waals surface area contributed by atoms with Gasteiger partial charge in [-0.25, -0.2) is 14.4 Å². The van der Waals surface area contributed by atoms with Crippen LogP contribution in [-0.4, -0.2) is 130 Å². The molecule has 1 aromatic heterocycles. The molecule has 16 heteroatoms. The Kier molecular flexibility index (Phi) is 11.8. The second-order valence-corrected chi connectivity index (χ2v) is 19.9. The van der Waals surface area contributed by atoms with Crippen LogP contribution in [0.15, 0.2) is 65.9 Å². The maximum Gasteiger partial charge on any atom is 0.408 e. The van der Waals surface area contributed by atoms with E-state index in [0.29, 0.717) is 30.5 Å². The van der Waals surface area contributed by atoms with E-state index in [1.807, 2.05) is 27.7 Å². The number of esters is 3. The van der Waals surface area contributed by atoms with Gasteiger partial charge >= 0.3 is 24.0 Å². The van der Waals surface area contributed by atoms with Crippen LogP contribution in [0.25, 0.3) is 0 Å². The number of nitrogens with one attached hydrogen (secondary N) is 1. The topological polar surface area (TPSA) is 202 Å². The molecule has 3 aliphatic heterocycles. The van der Waals surface area contributed by atoms with Gasteiger partial charge in [0.2, 0.25) is 0 Å². The van der Waals surface area contributed by atoms with Crippen molar-refractivity contribution in [2.75, 3.05) is 26.2 Å². The molecule has 16 nitrogen and oxygen atoms in total. The van der Waals surface area contributed by atoms with E-state index in [2.05, 4.69) is 15.2 Å². The Morgan fingerprint density at radius 1 is 1.02 bits per heavy atom. The van der Waals surface area contributed by atoms with Crippen LogP contribution in [0.1, 0.15) is 103 Å².